The third-order valence-corrected chi connectivity index (χ3v) is 3.87. The van der Waals surface area contributed by atoms with E-state index in [2.05, 4.69) is 17.3 Å². The highest BCUT2D eigenvalue weighted by Crippen LogP contribution is 2.40. The van der Waals surface area contributed by atoms with Crippen molar-refractivity contribution in [3.63, 3.8) is 0 Å². The van der Waals surface area contributed by atoms with Crippen molar-refractivity contribution in [2.75, 3.05) is 25.0 Å². The SMILES string of the molecule is CCn1nc(NC(=O)N2CCO[C@@H](C)C2)cc1C1CC1. The summed E-state index contributed by atoms with van der Waals surface area (Å²) in [6, 6.07) is 1.94. The molecule has 20 heavy (non-hydrogen) atoms. The van der Waals surface area contributed by atoms with Gasteiger partial charge in [0.05, 0.1) is 12.7 Å². The van der Waals surface area contributed by atoms with Gasteiger partial charge in [0, 0.05) is 37.3 Å². The van der Waals surface area contributed by atoms with E-state index in [4.69, 9.17) is 4.74 Å². The lowest BCUT2D eigenvalue weighted by Gasteiger charge is -2.30. The summed E-state index contributed by atoms with van der Waals surface area (Å²) in [5.74, 6) is 1.30. The lowest BCUT2D eigenvalue weighted by atomic mass is 10.3. The van der Waals surface area contributed by atoms with E-state index in [0.717, 1.165) is 6.54 Å². The molecule has 3 rings (SSSR count). The largest absolute Gasteiger partial charge is 0.375 e. The second kappa shape index (κ2) is 5.44. The van der Waals surface area contributed by atoms with Gasteiger partial charge in [-0.2, -0.15) is 5.10 Å². The van der Waals surface area contributed by atoms with Gasteiger partial charge >= 0.3 is 6.03 Å². The number of ether oxygens (including phenoxy) is 1. The molecule has 0 radical (unpaired) electrons. The molecule has 6 nitrogen and oxygen atoms in total. The van der Waals surface area contributed by atoms with Crippen LogP contribution in [0.25, 0.3) is 0 Å². The fraction of sp³-hybridized carbons (Fsp3) is 0.714. The molecule has 1 saturated carbocycles. The molecular formula is C14H22N4O2. The Morgan fingerprint density at radius 3 is 3.00 bits per heavy atom. The van der Waals surface area contributed by atoms with Crippen molar-refractivity contribution in [1.29, 1.82) is 0 Å². The van der Waals surface area contributed by atoms with Crippen LogP contribution in [0.2, 0.25) is 0 Å². The fourth-order valence-corrected chi connectivity index (χ4v) is 2.64. The summed E-state index contributed by atoms with van der Waals surface area (Å²) in [6.45, 7) is 6.78. The van der Waals surface area contributed by atoms with Crippen molar-refractivity contribution in [3.05, 3.63) is 11.8 Å². The highest BCUT2D eigenvalue weighted by atomic mass is 16.5. The maximum atomic E-state index is 12.2. The van der Waals surface area contributed by atoms with Crippen LogP contribution in [-0.2, 0) is 11.3 Å². The van der Waals surface area contributed by atoms with Crippen LogP contribution in [-0.4, -0.2) is 46.5 Å². The van der Waals surface area contributed by atoms with Crippen LogP contribution in [0.15, 0.2) is 6.07 Å². The number of hydrogen-bond acceptors (Lipinski definition) is 3. The van der Waals surface area contributed by atoms with E-state index in [-0.39, 0.29) is 12.1 Å². The van der Waals surface area contributed by atoms with Crippen LogP contribution in [0.5, 0.6) is 0 Å². The molecule has 0 bridgehead atoms. The number of anilines is 1. The number of carbonyl (C=O) groups is 1. The summed E-state index contributed by atoms with van der Waals surface area (Å²) in [7, 11) is 0. The Morgan fingerprint density at radius 2 is 2.35 bits per heavy atom. The van der Waals surface area contributed by atoms with Gasteiger partial charge < -0.3 is 9.64 Å². The number of rotatable bonds is 3. The Hall–Kier alpha value is -1.56. The number of nitrogens with zero attached hydrogens (tertiary/aromatic N) is 3. The normalized spacial score (nSPS) is 22.9. The van der Waals surface area contributed by atoms with Gasteiger partial charge in [0.2, 0.25) is 0 Å². The van der Waals surface area contributed by atoms with Crippen LogP contribution in [0.1, 0.15) is 38.3 Å². The molecule has 0 spiro atoms. The maximum Gasteiger partial charge on any atom is 0.323 e. The minimum Gasteiger partial charge on any atom is -0.375 e. The first-order valence-corrected chi connectivity index (χ1v) is 7.42. The summed E-state index contributed by atoms with van der Waals surface area (Å²) in [5.41, 5.74) is 1.25. The molecule has 2 fully saturated rings. The number of nitrogens with one attached hydrogen (secondary N) is 1. The Bertz CT molecular complexity index is 495. The van der Waals surface area contributed by atoms with Gasteiger partial charge in [-0.3, -0.25) is 10.00 Å². The second-order valence-electron chi connectivity index (χ2n) is 5.60. The smallest absolute Gasteiger partial charge is 0.323 e. The number of hydrogen-bond donors (Lipinski definition) is 1. The highest BCUT2D eigenvalue weighted by molar-refractivity contribution is 5.88. The summed E-state index contributed by atoms with van der Waals surface area (Å²) in [6.07, 6.45) is 2.57. The average Bonchev–Trinajstić information content (AvgIpc) is 3.20. The highest BCUT2D eigenvalue weighted by Gasteiger charge is 2.28. The Balaban J connectivity index is 1.66. The molecule has 1 N–H and O–H groups in total. The zero-order chi connectivity index (χ0) is 14.1. The lowest BCUT2D eigenvalue weighted by molar-refractivity contribution is -0.00139. The number of morpholine rings is 1. The molecule has 110 valence electrons. The van der Waals surface area contributed by atoms with Crippen molar-refractivity contribution in [2.24, 2.45) is 0 Å². The van der Waals surface area contributed by atoms with Gasteiger partial charge in [0.1, 0.15) is 0 Å². The zero-order valence-electron chi connectivity index (χ0n) is 12.1. The molecule has 1 atom stereocenters. The van der Waals surface area contributed by atoms with E-state index in [1.54, 1.807) is 4.90 Å². The maximum absolute atomic E-state index is 12.2. The van der Waals surface area contributed by atoms with Crippen molar-refractivity contribution in [2.45, 2.75) is 45.3 Å². The van der Waals surface area contributed by atoms with E-state index in [1.807, 2.05) is 17.7 Å². The zero-order valence-corrected chi connectivity index (χ0v) is 12.1. The van der Waals surface area contributed by atoms with Gasteiger partial charge in [-0.1, -0.05) is 0 Å². The molecule has 2 heterocycles. The van der Waals surface area contributed by atoms with E-state index < -0.39 is 0 Å². The first-order valence-electron chi connectivity index (χ1n) is 7.42. The summed E-state index contributed by atoms with van der Waals surface area (Å²) in [5, 5.41) is 7.38. The fourth-order valence-electron chi connectivity index (χ4n) is 2.64. The van der Waals surface area contributed by atoms with Gasteiger partial charge in [0.15, 0.2) is 5.82 Å². The first-order chi connectivity index (χ1) is 9.67. The third-order valence-electron chi connectivity index (χ3n) is 3.87. The van der Waals surface area contributed by atoms with Crippen molar-refractivity contribution < 1.29 is 9.53 Å². The topological polar surface area (TPSA) is 59.4 Å². The van der Waals surface area contributed by atoms with Crippen LogP contribution < -0.4 is 5.32 Å². The lowest BCUT2D eigenvalue weighted by Crippen LogP contribution is -2.46. The quantitative estimate of drug-likeness (QED) is 0.920. The number of amides is 2. The molecule has 1 aliphatic heterocycles. The average molecular weight is 278 g/mol. The van der Waals surface area contributed by atoms with Crippen LogP contribution in [0.4, 0.5) is 10.6 Å². The number of aromatic nitrogens is 2. The molecular weight excluding hydrogens is 256 g/mol. The standard InChI is InChI=1S/C14H22N4O2/c1-3-18-12(11-4-5-11)8-13(16-18)15-14(19)17-6-7-20-10(2)9-17/h8,10-11H,3-7,9H2,1-2H3,(H,15,16,19)/t10-/m0/s1. The van der Waals surface area contributed by atoms with E-state index in [9.17, 15) is 4.79 Å². The summed E-state index contributed by atoms with van der Waals surface area (Å²) < 4.78 is 7.44. The monoisotopic (exact) mass is 278 g/mol. The molecule has 0 unspecified atom stereocenters. The summed E-state index contributed by atoms with van der Waals surface area (Å²) in [4.78, 5) is 14.0. The third kappa shape index (κ3) is 2.80. The molecule has 2 aliphatic rings. The molecule has 6 heteroatoms. The summed E-state index contributed by atoms with van der Waals surface area (Å²) >= 11 is 0. The first kappa shape index (κ1) is 13.4. The molecule has 1 aromatic heterocycles. The van der Waals surface area contributed by atoms with Gasteiger partial charge in [0.25, 0.3) is 0 Å². The van der Waals surface area contributed by atoms with E-state index in [1.165, 1.54) is 18.5 Å². The van der Waals surface area contributed by atoms with Crippen molar-refractivity contribution in [1.82, 2.24) is 14.7 Å². The van der Waals surface area contributed by atoms with Gasteiger partial charge in [-0.05, 0) is 26.7 Å². The van der Waals surface area contributed by atoms with E-state index in [0.29, 0.717) is 31.4 Å². The van der Waals surface area contributed by atoms with E-state index >= 15 is 0 Å². The van der Waals surface area contributed by atoms with Gasteiger partial charge in [-0.15, -0.1) is 0 Å². The predicted octanol–water partition coefficient (Wildman–Crippen LogP) is 2.03. The molecule has 0 aromatic carbocycles. The van der Waals surface area contributed by atoms with Crippen LogP contribution in [0, 0.1) is 0 Å². The Labute approximate surface area is 119 Å². The second-order valence-corrected chi connectivity index (χ2v) is 5.60. The predicted molar refractivity (Wildman–Crippen MR) is 75.9 cm³/mol. The van der Waals surface area contributed by atoms with Crippen LogP contribution in [0.3, 0.4) is 0 Å². The Morgan fingerprint density at radius 1 is 1.55 bits per heavy atom. The molecule has 1 saturated heterocycles. The minimum absolute atomic E-state index is 0.0803. The van der Waals surface area contributed by atoms with Crippen molar-refractivity contribution >= 4 is 11.8 Å². The molecule has 2 amide bonds. The van der Waals surface area contributed by atoms with Crippen LogP contribution >= 0.6 is 0 Å². The molecule has 1 aliphatic carbocycles. The van der Waals surface area contributed by atoms with Gasteiger partial charge in [-0.25, -0.2) is 4.79 Å². The molecule has 1 aromatic rings. The number of aryl methyl sites for hydroxylation is 1. The minimum atomic E-state index is -0.0803. The van der Waals surface area contributed by atoms with Crippen molar-refractivity contribution in [3.8, 4) is 0 Å². The number of carbonyl (C=O) groups excluding carboxylic acids is 1. The number of urea groups is 1. The Kier molecular flexibility index (Phi) is 3.65.